The lowest BCUT2D eigenvalue weighted by Crippen LogP contribution is -2.37. The Balaban J connectivity index is 2.21. The maximum atomic E-state index is 13.6. The average Bonchev–Trinajstić information content (AvgIpc) is 2.90. The van der Waals surface area contributed by atoms with Gasteiger partial charge in [-0.05, 0) is 63.5 Å². The van der Waals surface area contributed by atoms with Crippen LogP contribution in [0.25, 0.3) is 10.9 Å². The minimum Gasteiger partial charge on any atom is -0.506 e. The first-order valence-electron chi connectivity index (χ1n) is 18.1. The van der Waals surface area contributed by atoms with Crippen molar-refractivity contribution in [1.82, 2.24) is 14.8 Å². The minimum absolute atomic E-state index is 0.270. The Hall–Kier alpha value is -2.34. The van der Waals surface area contributed by atoms with Crippen molar-refractivity contribution >= 4 is 16.8 Å². The van der Waals surface area contributed by atoms with Crippen LogP contribution in [0, 0.1) is 5.89 Å². The van der Waals surface area contributed by atoms with Crippen LogP contribution in [-0.2, 0) is 6.50 Å². The molecule has 0 spiro atoms. The van der Waals surface area contributed by atoms with Crippen LogP contribution in [0.2, 0.25) is 1.41 Å². The highest BCUT2D eigenvalue weighted by Gasteiger charge is 2.21. The van der Waals surface area contributed by atoms with Crippen LogP contribution >= 0.6 is 0 Å². The molecule has 1 aliphatic heterocycles. The lowest BCUT2D eigenvalue weighted by molar-refractivity contribution is 0.0946. The minimum atomic E-state index is -3.80. The number of amides is 1. The van der Waals surface area contributed by atoms with Gasteiger partial charge in [0.05, 0.1) is 11.0 Å². The quantitative estimate of drug-likeness (QED) is 0.792. The van der Waals surface area contributed by atoms with Gasteiger partial charge in [0.1, 0.15) is 11.3 Å². The Morgan fingerprint density at radius 3 is 3.00 bits per heavy atom. The van der Waals surface area contributed by atoms with Crippen molar-refractivity contribution < 1.29 is 38.7 Å². The molecule has 6 nitrogen and oxygen atoms in total. The Kier molecular flexibility index (Phi) is 1.93. The predicted octanol–water partition coefficient (Wildman–Crippen LogP) is 2.58. The molecule has 27 heavy (non-hydrogen) atoms. The summed E-state index contributed by atoms with van der Waals surface area (Å²) in [7, 11) is 0. The van der Waals surface area contributed by atoms with E-state index >= 15 is 0 Å². The van der Waals surface area contributed by atoms with Crippen molar-refractivity contribution in [1.29, 1.82) is 0 Å². The maximum Gasteiger partial charge on any atom is 0.267 e. The van der Waals surface area contributed by atoms with Gasteiger partial charge in [0.2, 0.25) is 0 Å². The van der Waals surface area contributed by atoms with E-state index in [4.69, 9.17) is 28.8 Å². The lowest BCUT2D eigenvalue weighted by atomic mass is 9.99. The van der Waals surface area contributed by atoms with E-state index in [1.54, 1.807) is 0 Å². The molecule has 0 radical (unpaired) electrons. The van der Waals surface area contributed by atoms with Crippen LogP contribution in [0.4, 0.5) is 0 Å². The van der Waals surface area contributed by atoms with Gasteiger partial charge >= 0.3 is 0 Å². The zero-order valence-corrected chi connectivity index (χ0v) is 14.0. The summed E-state index contributed by atoms with van der Waals surface area (Å²) in [4.78, 5) is 26.6. The second-order valence-electron chi connectivity index (χ2n) is 5.23. The van der Waals surface area contributed by atoms with E-state index < -0.39 is 127 Å². The summed E-state index contributed by atoms with van der Waals surface area (Å²) in [6, 6.07) is -4.43. The fraction of sp³-hybridized carbons (Fsp3) is 0.524. The van der Waals surface area contributed by atoms with Crippen molar-refractivity contribution in [3.63, 3.8) is 0 Å². The first kappa shape index (κ1) is 6.08. The molecule has 0 unspecified atom stereocenters. The van der Waals surface area contributed by atoms with E-state index in [1.807, 2.05) is 0 Å². The summed E-state index contributed by atoms with van der Waals surface area (Å²) in [5, 5.41) is 9.60. The van der Waals surface area contributed by atoms with Gasteiger partial charge in [-0.3, -0.25) is 9.59 Å². The lowest BCUT2D eigenvalue weighted by Gasteiger charge is -2.30. The van der Waals surface area contributed by atoms with Gasteiger partial charge in [-0.15, -0.1) is 0 Å². The molecule has 0 aliphatic carbocycles. The highest BCUT2D eigenvalue weighted by atomic mass is 16.3. The molecule has 1 aliphatic rings. The fourth-order valence-corrected chi connectivity index (χ4v) is 2.20. The number of piperidine rings is 1. The van der Waals surface area contributed by atoms with Gasteiger partial charge in [0.15, 0.2) is 1.41 Å². The molecular formula is C21H29N3O3. The molecule has 1 aromatic carbocycles. The number of carbonyl (C=O) groups excluding carboxylic acids is 1. The summed E-state index contributed by atoms with van der Waals surface area (Å²) in [5.41, 5.74) is -4.71. The molecule has 0 bridgehead atoms. The average molecular weight is 393 g/mol. The topological polar surface area (TPSA) is 74.6 Å². The zero-order valence-electron chi connectivity index (χ0n) is 35.0. The van der Waals surface area contributed by atoms with Crippen molar-refractivity contribution in [2.24, 2.45) is 5.89 Å². The molecule has 6 heteroatoms. The Bertz CT molecular complexity index is 1700. The number of hydrogen-bond donors (Lipinski definition) is 2. The van der Waals surface area contributed by atoms with Crippen molar-refractivity contribution in [3.8, 4) is 5.75 Å². The van der Waals surface area contributed by atoms with Crippen molar-refractivity contribution in [2.75, 3.05) is 26.0 Å². The maximum absolute atomic E-state index is 13.6. The molecule has 1 aromatic heterocycles. The number of aromatic nitrogens is 1. The smallest absolute Gasteiger partial charge is 0.267 e. The second-order valence-corrected chi connectivity index (χ2v) is 5.23. The summed E-state index contributed by atoms with van der Waals surface area (Å²) in [5.74, 6) is -6.56. The van der Waals surface area contributed by atoms with Crippen LogP contribution in [0.5, 0.6) is 5.75 Å². The molecule has 1 amide bonds. The number of pyridine rings is 1. The fourth-order valence-electron chi connectivity index (χ4n) is 2.20. The van der Waals surface area contributed by atoms with E-state index in [2.05, 4.69) is 0 Å². The first-order valence-corrected chi connectivity index (χ1v) is 7.62. The molecule has 146 valence electrons. The third-order valence-electron chi connectivity index (χ3n) is 3.46. The summed E-state index contributed by atoms with van der Waals surface area (Å²) in [6.45, 7) is -19.1. The number of nitrogens with zero attached hydrogens (tertiary/aromatic N) is 2. The number of nitrogens with one attached hydrogen (secondary N) is 1. The van der Waals surface area contributed by atoms with E-state index in [1.165, 1.54) is 0 Å². The molecular weight excluding hydrogens is 342 g/mol. The molecule has 3 rings (SSSR count). The van der Waals surface area contributed by atoms with Gasteiger partial charge in [0, 0.05) is 40.4 Å². The number of hydrogen-bond acceptors (Lipinski definition) is 4. The Morgan fingerprint density at radius 1 is 1.52 bits per heavy atom. The molecule has 2 aromatic rings. The van der Waals surface area contributed by atoms with Crippen LogP contribution in [-0.4, -0.2) is 46.5 Å². The molecule has 0 saturated carbocycles. The molecule has 2 N–H and O–H groups in total. The van der Waals surface area contributed by atoms with E-state index in [9.17, 15) is 14.7 Å². The SMILES string of the molecule is [2H]c1c([2H])c([2H])c2c(c1[2H])c(O)c(C(=O)N([2H])CCC([2H])([2H])N1C([2H])([2H])C([2H])([2H])C([2H])(C)C([2H])([2H])C1([2H])[2H])c(=O)n2C([2H])([2H])C([2H])([2H])[2H]. The van der Waals surface area contributed by atoms with Gasteiger partial charge < -0.3 is 19.9 Å². The number of aromatic hydroxyl groups is 1. The zero-order chi connectivity index (χ0) is 37.9. The third-order valence-corrected chi connectivity index (χ3v) is 3.46. The van der Waals surface area contributed by atoms with E-state index in [-0.39, 0.29) is 9.88 Å². The molecule has 2 heterocycles. The normalized spacial score (nSPS) is 37.4. The number of carbonyl (C=O) groups is 1. The summed E-state index contributed by atoms with van der Waals surface area (Å²) >= 11 is 0. The van der Waals surface area contributed by atoms with Crippen molar-refractivity contribution in [2.45, 2.75) is 39.4 Å². The predicted molar refractivity (Wildman–Crippen MR) is 107 cm³/mol. The van der Waals surface area contributed by atoms with Crippen LogP contribution in [0.15, 0.2) is 29.0 Å². The van der Waals surface area contributed by atoms with E-state index in [0.29, 0.717) is 6.92 Å². The van der Waals surface area contributed by atoms with E-state index in [0.717, 1.165) is 0 Å². The van der Waals surface area contributed by atoms with Gasteiger partial charge in [0.25, 0.3) is 11.5 Å². The molecule has 1 saturated heterocycles. The number of aryl methyl sites for hydroxylation is 1. The van der Waals surface area contributed by atoms with Gasteiger partial charge in [-0.2, -0.15) is 0 Å². The Labute approximate surface area is 189 Å². The summed E-state index contributed by atoms with van der Waals surface area (Å²) in [6.07, 6.45) is -8.48. The van der Waals surface area contributed by atoms with Gasteiger partial charge in [-0.25, -0.2) is 0 Å². The standard InChI is InChI=1S/C21H29N3O3/c1-3-24-17-8-5-4-7-16(17)19(25)18(21(24)27)20(26)22-11-6-12-23-13-9-15(2)10-14-23/h4-5,7-8,15,25H,3,6,9-14H2,1-2H3,(H,22,26)/i1D3,3D2,4D,5D,7D,8D,9D2,10D2,12D2,13D2,14D2,15D/hD. The van der Waals surface area contributed by atoms with Crippen molar-refractivity contribution in [3.05, 3.63) is 40.1 Å². The number of para-hydroxylation sites is 1. The van der Waals surface area contributed by atoms with Crippen LogP contribution < -0.4 is 10.9 Å². The molecule has 1 fully saturated rings. The number of fused-ring (bicyclic) bond motifs is 1. The number of rotatable bonds is 6. The second kappa shape index (κ2) is 8.57. The summed E-state index contributed by atoms with van der Waals surface area (Å²) < 4.78 is 170. The first-order chi connectivity index (χ1) is 21.1. The number of benzene rings is 1. The van der Waals surface area contributed by atoms with Crippen LogP contribution in [0.3, 0.4) is 0 Å². The Morgan fingerprint density at radius 2 is 2.26 bits per heavy atom. The largest absolute Gasteiger partial charge is 0.506 e. The highest BCUT2D eigenvalue weighted by Crippen LogP contribution is 2.26. The third kappa shape index (κ3) is 4.16. The monoisotopic (exact) mass is 392 g/mol. The van der Waals surface area contributed by atoms with Crippen LogP contribution in [0.1, 0.15) is 70.7 Å². The number of likely N-dealkylation sites (tertiary alicyclic amines) is 1. The highest BCUT2D eigenvalue weighted by molar-refractivity contribution is 6.02. The van der Waals surface area contributed by atoms with Gasteiger partial charge in [-0.1, -0.05) is 19.0 Å². The molecule has 0 atom stereocenters.